The van der Waals surface area contributed by atoms with E-state index in [-0.39, 0.29) is 11.7 Å². The average molecular weight is 430 g/mol. The largest absolute Gasteiger partial charge is 0.497 e. The lowest BCUT2D eigenvalue weighted by Crippen LogP contribution is -2.16. The summed E-state index contributed by atoms with van der Waals surface area (Å²) in [5.41, 5.74) is 5.48. The summed E-state index contributed by atoms with van der Waals surface area (Å²) in [6.07, 6.45) is 0.559. The first-order valence-electron chi connectivity index (χ1n) is 9.98. The van der Waals surface area contributed by atoms with E-state index in [1.807, 2.05) is 79.7 Å². The number of anilines is 1. The molecule has 0 saturated carbocycles. The highest BCUT2D eigenvalue weighted by molar-refractivity contribution is 8.14. The van der Waals surface area contributed by atoms with Gasteiger partial charge in [-0.05, 0) is 66.6 Å². The summed E-state index contributed by atoms with van der Waals surface area (Å²) < 4.78 is 5.27. The summed E-state index contributed by atoms with van der Waals surface area (Å²) in [5, 5.41) is 3.81. The first-order chi connectivity index (χ1) is 15.1. The van der Waals surface area contributed by atoms with Gasteiger partial charge in [-0.1, -0.05) is 24.3 Å². The van der Waals surface area contributed by atoms with Crippen LogP contribution in [0.5, 0.6) is 5.75 Å². The maximum atomic E-state index is 12.5. The van der Waals surface area contributed by atoms with Gasteiger partial charge < -0.3 is 10.1 Å². The Morgan fingerprint density at radius 3 is 2.45 bits per heavy atom. The number of para-hydroxylation sites is 2. The van der Waals surface area contributed by atoms with Crippen molar-refractivity contribution < 1.29 is 9.53 Å². The molecule has 0 fully saturated rings. The summed E-state index contributed by atoms with van der Waals surface area (Å²) in [6.45, 7) is 2.00. The van der Waals surface area contributed by atoms with Gasteiger partial charge in [0.2, 0.25) is 5.91 Å². The van der Waals surface area contributed by atoms with Crippen LogP contribution < -0.4 is 10.1 Å². The number of nitrogens with zero attached hydrogens (tertiary/aromatic N) is 2. The minimum atomic E-state index is -0.0567. The lowest BCUT2D eigenvalue weighted by molar-refractivity contribution is -0.113. The van der Waals surface area contributed by atoms with Gasteiger partial charge >= 0.3 is 0 Å². The molecule has 1 heterocycles. The van der Waals surface area contributed by atoms with Gasteiger partial charge in [0.25, 0.3) is 0 Å². The molecule has 1 aliphatic rings. The predicted molar refractivity (Wildman–Crippen MR) is 130 cm³/mol. The van der Waals surface area contributed by atoms with Crippen molar-refractivity contribution in [2.24, 2.45) is 9.98 Å². The van der Waals surface area contributed by atoms with E-state index in [4.69, 9.17) is 14.7 Å². The Morgan fingerprint density at radius 2 is 1.74 bits per heavy atom. The maximum Gasteiger partial charge on any atom is 0.234 e. The number of aliphatic imine (C=N–C) groups is 2. The number of carbonyl (C=O) groups excluding carboxylic acids is 1. The number of ether oxygens (including phenoxy) is 1. The zero-order valence-corrected chi connectivity index (χ0v) is 18.3. The lowest BCUT2D eigenvalue weighted by Gasteiger charge is -2.09. The van der Waals surface area contributed by atoms with Crippen LogP contribution in [0.1, 0.15) is 17.5 Å². The Labute approximate surface area is 186 Å². The van der Waals surface area contributed by atoms with Crippen molar-refractivity contribution in [2.75, 3.05) is 18.2 Å². The fourth-order valence-corrected chi connectivity index (χ4v) is 4.03. The number of nitrogens with one attached hydrogen (secondary N) is 1. The van der Waals surface area contributed by atoms with Crippen molar-refractivity contribution in [1.29, 1.82) is 0 Å². The van der Waals surface area contributed by atoms with E-state index in [1.54, 1.807) is 7.11 Å². The van der Waals surface area contributed by atoms with Gasteiger partial charge in [0.1, 0.15) is 5.75 Å². The van der Waals surface area contributed by atoms with Gasteiger partial charge in [0.15, 0.2) is 0 Å². The third-order valence-electron chi connectivity index (χ3n) is 4.80. The number of amides is 1. The molecule has 4 rings (SSSR count). The molecule has 0 radical (unpaired) electrons. The SMILES string of the molecule is COc1ccc(C2=Nc3ccccc3N=C(SCC(=O)Nc3cccc(C)c3)C2)cc1. The maximum absolute atomic E-state index is 12.5. The third kappa shape index (κ3) is 5.41. The van der Waals surface area contributed by atoms with Crippen molar-refractivity contribution in [2.45, 2.75) is 13.3 Å². The van der Waals surface area contributed by atoms with Crippen LogP contribution in [0, 0.1) is 6.92 Å². The number of aryl methyl sites for hydroxylation is 1. The van der Waals surface area contributed by atoms with Crippen LogP contribution in [-0.2, 0) is 4.79 Å². The van der Waals surface area contributed by atoms with Crippen molar-refractivity contribution in [3.8, 4) is 5.75 Å². The van der Waals surface area contributed by atoms with Crippen LogP contribution in [0.3, 0.4) is 0 Å². The predicted octanol–water partition coefficient (Wildman–Crippen LogP) is 5.93. The molecule has 0 aromatic heterocycles. The Morgan fingerprint density at radius 1 is 1.00 bits per heavy atom. The molecule has 31 heavy (non-hydrogen) atoms. The standard InChI is InChI=1S/C25H23N3O2S/c1-17-6-5-7-19(14-17)26-24(29)16-31-25-15-23(18-10-12-20(30-2)13-11-18)27-21-8-3-4-9-22(21)28-25/h3-14H,15-16H2,1-2H3,(H,26,29). The highest BCUT2D eigenvalue weighted by atomic mass is 32.2. The second-order valence-corrected chi connectivity index (χ2v) is 8.21. The molecule has 5 nitrogen and oxygen atoms in total. The second-order valence-electron chi connectivity index (χ2n) is 7.16. The quantitative estimate of drug-likeness (QED) is 0.547. The van der Waals surface area contributed by atoms with Crippen molar-refractivity contribution >= 4 is 45.5 Å². The normalized spacial score (nSPS) is 12.8. The van der Waals surface area contributed by atoms with Crippen LogP contribution in [0.4, 0.5) is 17.1 Å². The van der Waals surface area contributed by atoms with E-state index in [0.717, 1.165) is 44.7 Å². The van der Waals surface area contributed by atoms with E-state index >= 15 is 0 Å². The molecule has 1 amide bonds. The number of benzene rings is 3. The van der Waals surface area contributed by atoms with Gasteiger partial charge in [-0.3, -0.25) is 9.79 Å². The van der Waals surface area contributed by atoms with Crippen LogP contribution >= 0.6 is 11.8 Å². The van der Waals surface area contributed by atoms with Crippen LogP contribution in [0.25, 0.3) is 0 Å². The van der Waals surface area contributed by atoms with E-state index in [0.29, 0.717) is 6.42 Å². The van der Waals surface area contributed by atoms with Crippen LogP contribution in [-0.4, -0.2) is 29.5 Å². The number of hydrogen-bond donors (Lipinski definition) is 1. The summed E-state index contributed by atoms with van der Waals surface area (Å²) in [4.78, 5) is 22.2. The Bertz CT molecular complexity index is 1150. The molecule has 1 N–H and O–H groups in total. The highest BCUT2D eigenvalue weighted by Gasteiger charge is 2.17. The summed E-state index contributed by atoms with van der Waals surface area (Å²) in [7, 11) is 1.65. The summed E-state index contributed by atoms with van der Waals surface area (Å²) >= 11 is 1.44. The van der Waals surface area contributed by atoms with Gasteiger partial charge in [0.05, 0.1) is 35.0 Å². The Balaban J connectivity index is 1.52. The van der Waals surface area contributed by atoms with E-state index in [9.17, 15) is 4.79 Å². The van der Waals surface area contributed by atoms with E-state index < -0.39 is 0 Å². The number of methoxy groups -OCH3 is 1. The number of thioether (sulfide) groups is 1. The van der Waals surface area contributed by atoms with Crippen molar-refractivity contribution in [3.63, 3.8) is 0 Å². The molecule has 3 aromatic rings. The van der Waals surface area contributed by atoms with Crippen LogP contribution in [0.15, 0.2) is 82.8 Å². The molecule has 0 saturated heterocycles. The highest BCUT2D eigenvalue weighted by Crippen LogP contribution is 2.33. The van der Waals surface area contributed by atoms with E-state index in [2.05, 4.69) is 5.32 Å². The van der Waals surface area contributed by atoms with Gasteiger partial charge in [0, 0.05) is 12.1 Å². The monoisotopic (exact) mass is 429 g/mol. The molecule has 0 aliphatic carbocycles. The molecule has 1 aliphatic heterocycles. The molecule has 0 bridgehead atoms. The zero-order valence-electron chi connectivity index (χ0n) is 17.5. The summed E-state index contributed by atoms with van der Waals surface area (Å²) in [6, 6.07) is 23.4. The fourth-order valence-electron chi connectivity index (χ4n) is 3.26. The molecule has 6 heteroatoms. The fraction of sp³-hybridized carbons (Fsp3) is 0.160. The first-order valence-corrected chi connectivity index (χ1v) is 11.0. The minimum Gasteiger partial charge on any atom is -0.497 e. The minimum absolute atomic E-state index is 0.0567. The number of hydrogen-bond acceptors (Lipinski definition) is 5. The molecule has 0 atom stereocenters. The molecule has 156 valence electrons. The van der Waals surface area contributed by atoms with Crippen molar-refractivity contribution in [1.82, 2.24) is 0 Å². The molecule has 3 aromatic carbocycles. The molecule has 0 spiro atoms. The lowest BCUT2D eigenvalue weighted by atomic mass is 10.1. The number of fused-ring (bicyclic) bond motifs is 1. The smallest absolute Gasteiger partial charge is 0.234 e. The molecule has 0 unspecified atom stereocenters. The van der Waals surface area contributed by atoms with Gasteiger partial charge in [-0.2, -0.15) is 0 Å². The van der Waals surface area contributed by atoms with Gasteiger partial charge in [-0.15, -0.1) is 11.8 Å². The topological polar surface area (TPSA) is 63.1 Å². The van der Waals surface area contributed by atoms with E-state index in [1.165, 1.54) is 11.8 Å². The van der Waals surface area contributed by atoms with Gasteiger partial charge in [-0.25, -0.2) is 4.99 Å². The first kappa shape index (κ1) is 20.9. The third-order valence-corrected chi connectivity index (χ3v) is 5.77. The average Bonchev–Trinajstić information content (AvgIpc) is 2.97. The number of rotatable bonds is 5. The van der Waals surface area contributed by atoms with Crippen LogP contribution in [0.2, 0.25) is 0 Å². The Hall–Kier alpha value is -3.38. The summed E-state index contributed by atoms with van der Waals surface area (Å²) in [5.74, 6) is 1.03. The van der Waals surface area contributed by atoms with Crippen molar-refractivity contribution in [3.05, 3.63) is 83.9 Å². The number of carbonyl (C=O) groups is 1. The molecular formula is C25H23N3O2S. The Kier molecular flexibility index (Phi) is 6.48. The second kappa shape index (κ2) is 9.62. The zero-order chi connectivity index (χ0) is 21.6. The molecular weight excluding hydrogens is 406 g/mol.